The van der Waals surface area contributed by atoms with E-state index in [1.807, 2.05) is 0 Å². The maximum atomic E-state index is 13.4. The monoisotopic (exact) mass is 226 g/mol. The lowest BCUT2D eigenvalue weighted by molar-refractivity contribution is 0.550. The second-order valence-electron chi connectivity index (χ2n) is 3.00. The number of nitrogens with two attached hydrogens (primary N) is 1. The van der Waals surface area contributed by atoms with Crippen LogP contribution in [0.25, 0.3) is 0 Å². The number of aromatic nitrogens is 3. The van der Waals surface area contributed by atoms with E-state index < -0.39 is 0 Å². The molecule has 0 saturated heterocycles. The highest BCUT2D eigenvalue weighted by Gasteiger charge is 2.08. The van der Waals surface area contributed by atoms with E-state index >= 15 is 0 Å². The van der Waals surface area contributed by atoms with Crippen LogP contribution in [0.15, 0.2) is 24.4 Å². The molecule has 0 fully saturated rings. The summed E-state index contributed by atoms with van der Waals surface area (Å²) in [5.41, 5.74) is 5.74. The Morgan fingerprint density at radius 1 is 1.47 bits per heavy atom. The fraction of sp³-hybridized carbons (Fsp3) is 0.111. The Labute approximate surface area is 90.5 Å². The van der Waals surface area contributed by atoms with Crippen molar-refractivity contribution in [3.8, 4) is 0 Å². The zero-order chi connectivity index (χ0) is 10.8. The minimum absolute atomic E-state index is 0.169. The number of nitrogens with zero attached hydrogens (tertiary/aromatic N) is 3. The van der Waals surface area contributed by atoms with Crippen molar-refractivity contribution in [3.63, 3.8) is 0 Å². The van der Waals surface area contributed by atoms with Gasteiger partial charge in [-0.15, -0.1) is 5.10 Å². The largest absolute Gasteiger partial charge is 0.381 e. The van der Waals surface area contributed by atoms with E-state index in [1.54, 1.807) is 12.1 Å². The third-order valence-electron chi connectivity index (χ3n) is 1.92. The summed E-state index contributed by atoms with van der Waals surface area (Å²) >= 11 is 5.85. The third kappa shape index (κ3) is 2.07. The number of anilines is 1. The first kappa shape index (κ1) is 9.92. The SMILES string of the molecule is Nc1cnn(Cc2c(F)cccc2Cl)n1. The van der Waals surface area contributed by atoms with Crippen LogP contribution in [0.2, 0.25) is 5.02 Å². The molecule has 1 aromatic heterocycles. The van der Waals surface area contributed by atoms with Gasteiger partial charge in [-0.05, 0) is 12.1 Å². The Kier molecular flexibility index (Phi) is 2.55. The Hall–Kier alpha value is -1.62. The zero-order valence-electron chi connectivity index (χ0n) is 7.69. The number of hydrogen-bond acceptors (Lipinski definition) is 3. The van der Waals surface area contributed by atoms with Crippen molar-refractivity contribution in [2.75, 3.05) is 5.73 Å². The lowest BCUT2D eigenvalue weighted by Crippen LogP contribution is -2.06. The second kappa shape index (κ2) is 3.86. The summed E-state index contributed by atoms with van der Waals surface area (Å²) in [5.74, 6) is -0.0826. The molecule has 2 aromatic rings. The van der Waals surface area contributed by atoms with Crippen LogP contribution >= 0.6 is 11.6 Å². The molecule has 0 aliphatic carbocycles. The molecular weight excluding hydrogens is 219 g/mol. The first-order valence-corrected chi connectivity index (χ1v) is 4.63. The highest BCUT2D eigenvalue weighted by molar-refractivity contribution is 6.31. The molecule has 2 rings (SSSR count). The quantitative estimate of drug-likeness (QED) is 0.848. The van der Waals surface area contributed by atoms with E-state index in [0.717, 1.165) is 0 Å². The number of benzene rings is 1. The van der Waals surface area contributed by atoms with Gasteiger partial charge in [-0.25, -0.2) is 4.39 Å². The molecule has 0 atom stereocenters. The van der Waals surface area contributed by atoms with Gasteiger partial charge in [0.25, 0.3) is 0 Å². The zero-order valence-corrected chi connectivity index (χ0v) is 8.45. The van der Waals surface area contributed by atoms with Gasteiger partial charge in [-0.2, -0.15) is 9.90 Å². The van der Waals surface area contributed by atoms with Crippen molar-refractivity contribution < 1.29 is 4.39 Å². The summed E-state index contributed by atoms with van der Waals surface area (Å²) in [6, 6.07) is 4.51. The lowest BCUT2D eigenvalue weighted by Gasteiger charge is -2.04. The fourth-order valence-electron chi connectivity index (χ4n) is 1.21. The first-order valence-electron chi connectivity index (χ1n) is 4.25. The Morgan fingerprint density at radius 3 is 2.87 bits per heavy atom. The molecule has 1 heterocycles. The molecule has 0 aliphatic heterocycles. The highest BCUT2D eigenvalue weighted by atomic mass is 35.5. The van der Waals surface area contributed by atoms with Crippen molar-refractivity contribution in [1.29, 1.82) is 0 Å². The molecular formula is C9H8ClFN4. The molecule has 0 unspecified atom stereocenters. The van der Waals surface area contributed by atoms with Crippen LogP contribution in [0.5, 0.6) is 0 Å². The van der Waals surface area contributed by atoms with Crippen LogP contribution in [0.3, 0.4) is 0 Å². The molecule has 0 amide bonds. The van der Waals surface area contributed by atoms with E-state index in [-0.39, 0.29) is 12.4 Å². The van der Waals surface area contributed by atoms with Gasteiger partial charge in [0, 0.05) is 10.6 Å². The Morgan fingerprint density at radius 2 is 2.27 bits per heavy atom. The summed E-state index contributed by atoms with van der Waals surface area (Å²) in [4.78, 5) is 1.29. The van der Waals surface area contributed by atoms with Crippen LogP contribution in [-0.4, -0.2) is 15.0 Å². The Balaban J connectivity index is 2.31. The maximum absolute atomic E-state index is 13.4. The van der Waals surface area contributed by atoms with Crippen molar-refractivity contribution in [3.05, 3.63) is 40.8 Å². The second-order valence-corrected chi connectivity index (χ2v) is 3.41. The van der Waals surface area contributed by atoms with E-state index in [4.69, 9.17) is 17.3 Å². The van der Waals surface area contributed by atoms with Gasteiger partial charge in [0.15, 0.2) is 5.82 Å². The molecule has 0 saturated carbocycles. The van der Waals surface area contributed by atoms with Gasteiger partial charge in [-0.3, -0.25) is 0 Å². The molecule has 4 nitrogen and oxygen atoms in total. The van der Waals surface area contributed by atoms with Crippen LogP contribution in [-0.2, 0) is 6.54 Å². The first-order chi connectivity index (χ1) is 7.16. The molecule has 78 valence electrons. The Bertz CT molecular complexity index is 462. The molecule has 0 spiro atoms. The molecule has 2 N–H and O–H groups in total. The van der Waals surface area contributed by atoms with Gasteiger partial charge >= 0.3 is 0 Å². The molecule has 0 aliphatic rings. The standard InChI is InChI=1S/C9H8ClFN4/c10-7-2-1-3-8(11)6(7)5-15-13-4-9(12)14-15/h1-4H,5H2,(H2,12,14). The summed E-state index contributed by atoms with van der Waals surface area (Å²) in [7, 11) is 0. The normalized spacial score (nSPS) is 10.5. The van der Waals surface area contributed by atoms with Crippen molar-refractivity contribution in [1.82, 2.24) is 15.0 Å². The van der Waals surface area contributed by atoms with Crippen molar-refractivity contribution >= 4 is 17.4 Å². The average molecular weight is 227 g/mol. The predicted molar refractivity (Wildman–Crippen MR) is 54.9 cm³/mol. The summed E-state index contributed by atoms with van der Waals surface area (Å²) in [6.45, 7) is 0.169. The van der Waals surface area contributed by atoms with Crippen molar-refractivity contribution in [2.45, 2.75) is 6.54 Å². The molecule has 6 heteroatoms. The highest BCUT2D eigenvalue weighted by Crippen LogP contribution is 2.19. The maximum Gasteiger partial charge on any atom is 0.165 e. The van der Waals surface area contributed by atoms with Gasteiger partial charge in [-0.1, -0.05) is 17.7 Å². The minimum Gasteiger partial charge on any atom is -0.381 e. The molecule has 0 radical (unpaired) electrons. The van der Waals surface area contributed by atoms with Crippen LogP contribution in [0, 0.1) is 5.82 Å². The van der Waals surface area contributed by atoms with E-state index in [0.29, 0.717) is 16.4 Å². The summed E-state index contributed by atoms with van der Waals surface area (Å²) < 4.78 is 13.4. The van der Waals surface area contributed by atoms with Gasteiger partial charge < -0.3 is 5.73 Å². The topological polar surface area (TPSA) is 56.7 Å². The third-order valence-corrected chi connectivity index (χ3v) is 2.27. The van der Waals surface area contributed by atoms with E-state index in [2.05, 4.69) is 10.2 Å². The van der Waals surface area contributed by atoms with Crippen LogP contribution < -0.4 is 5.73 Å². The number of nitrogen functional groups attached to an aromatic ring is 1. The summed E-state index contributed by atoms with van der Waals surface area (Å²) in [6.07, 6.45) is 1.40. The number of hydrogen-bond donors (Lipinski definition) is 1. The molecule has 1 aromatic carbocycles. The average Bonchev–Trinajstić information content (AvgIpc) is 2.58. The van der Waals surface area contributed by atoms with E-state index in [9.17, 15) is 4.39 Å². The van der Waals surface area contributed by atoms with Gasteiger partial charge in [0.05, 0.1) is 12.7 Å². The van der Waals surface area contributed by atoms with Gasteiger partial charge in [0.1, 0.15) is 5.82 Å². The fourth-order valence-corrected chi connectivity index (χ4v) is 1.43. The van der Waals surface area contributed by atoms with Crippen LogP contribution in [0.4, 0.5) is 10.2 Å². The number of halogens is 2. The van der Waals surface area contributed by atoms with E-state index in [1.165, 1.54) is 17.1 Å². The smallest absolute Gasteiger partial charge is 0.165 e. The summed E-state index contributed by atoms with van der Waals surface area (Å²) in [5, 5.41) is 8.05. The molecule has 0 bridgehead atoms. The molecule has 15 heavy (non-hydrogen) atoms. The van der Waals surface area contributed by atoms with Crippen LogP contribution in [0.1, 0.15) is 5.56 Å². The minimum atomic E-state index is -0.377. The lowest BCUT2D eigenvalue weighted by atomic mass is 10.2. The number of rotatable bonds is 2. The van der Waals surface area contributed by atoms with Crippen molar-refractivity contribution in [2.24, 2.45) is 0 Å². The van der Waals surface area contributed by atoms with Gasteiger partial charge in [0.2, 0.25) is 0 Å². The predicted octanol–water partition coefficient (Wildman–Crippen LogP) is 1.70.